The van der Waals surface area contributed by atoms with Crippen LogP contribution in [0.4, 0.5) is 4.79 Å². The van der Waals surface area contributed by atoms with Gasteiger partial charge in [-0.3, -0.25) is 4.79 Å². The Morgan fingerprint density at radius 3 is 2.70 bits per heavy atom. The van der Waals surface area contributed by atoms with Crippen molar-refractivity contribution < 1.29 is 19.8 Å². The lowest BCUT2D eigenvalue weighted by molar-refractivity contribution is -0.142. The lowest BCUT2D eigenvalue weighted by Crippen LogP contribution is -2.49. The maximum absolute atomic E-state index is 12.3. The molecule has 0 spiro atoms. The Bertz CT molecular complexity index is 361. The Morgan fingerprint density at radius 1 is 1.20 bits per heavy atom. The summed E-state index contributed by atoms with van der Waals surface area (Å²) in [6.07, 6.45) is 5.73. The molecule has 114 valence electrons. The third kappa shape index (κ3) is 3.42. The third-order valence-corrected chi connectivity index (χ3v) is 4.48. The van der Waals surface area contributed by atoms with Crippen molar-refractivity contribution in [2.75, 3.05) is 13.2 Å². The summed E-state index contributed by atoms with van der Waals surface area (Å²) in [6.45, 7) is 0.877. The summed E-state index contributed by atoms with van der Waals surface area (Å²) in [5.74, 6) is -1.26. The van der Waals surface area contributed by atoms with E-state index in [1.54, 1.807) is 0 Å². The molecule has 1 aliphatic heterocycles. The molecule has 0 bridgehead atoms. The smallest absolute Gasteiger partial charge is 0.317 e. The fourth-order valence-corrected chi connectivity index (χ4v) is 3.40. The SMILES string of the molecule is O=C(O)C1CCCC1NC(=O)N1CCCC1CCCO. The van der Waals surface area contributed by atoms with Crippen LogP contribution in [0.15, 0.2) is 0 Å². The molecule has 0 radical (unpaired) electrons. The molecule has 2 fully saturated rings. The second-order valence-electron chi connectivity index (χ2n) is 5.79. The van der Waals surface area contributed by atoms with Crippen molar-refractivity contribution in [3.8, 4) is 0 Å². The van der Waals surface area contributed by atoms with Crippen LogP contribution in [0.1, 0.15) is 44.9 Å². The summed E-state index contributed by atoms with van der Waals surface area (Å²) >= 11 is 0. The Balaban J connectivity index is 1.88. The van der Waals surface area contributed by atoms with Gasteiger partial charge in [-0.15, -0.1) is 0 Å². The van der Waals surface area contributed by atoms with Gasteiger partial charge >= 0.3 is 12.0 Å². The molecule has 1 heterocycles. The largest absolute Gasteiger partial charge is 0.481 e. The van der Waals surface area contributed by atoms with Gasteiger partial charge in [-0.2, -0.15) is 0 Å². The lowest BCUT2D eigenvalue weighted by atomic mass is 10.0. The Hall–Kier alpha value is -1.30. The number of urea groups is 1. The average Bonchev–Trinajstić information content (AvgIpc) is 3.04. The van der Waals surface area contributed by atoms with E-state index in [4.69, 9.17) is 10.2 Å². The second kappa shape index (κ2) is 6.92. The Kier molecular flexibility index (Phi) is 5.23. The molecular formula is C14H24N2O4. The van der Waals surface area contributed by atoms with Gasteiger partial charge in [-0.25, -0.2) is 4.79 Å². The first-order chi connectivity index (χ1) is 9.63. The molecule has 6 heteroatoms. The number of likely N-dealkylation sites (tertiary alicyclic amines) is 1. The number of carboxylic acid groups (broad SMARTS) is 1. The van der Waals surface area contributed by atoms with E-state index in [1.807, 2.05) is 4.90 Å². The first kappa shape index (κ1) is 15.1. The summed E-state index contributed by atoms with van der Waals surface area (Å²) in [7, 11) is 0. The number of aliphatic hydroxyl groups is 1. The van der Waals surface area contributed by atoms with Crippen LogP contribution in [0.5, 0.6) is 0 Å². The summed E-state index contributed by atoms with van der Waals surface area (Å²) < 4.78 is 0. The third-order valence-electron chi connectivity index (χ3n) is 4.48. The predicted molar refractivity (Wildman–Crippen MR) is 73.3 cm³/mol. The first-order valence-corrected chi connectivity index (χ1v) is 7.54. The van der Waals surface area contributed by atoms with Crippen molar-refractivity contribution >= 4 is 12.0 Å². The van der Waals surface area contributed by atoms with Gasteiger partial charge in [0.2, 0.25) is 0 Å². The van der Waals surface area contributed by atoms with Crippen LogP contribution in [0.2, 0.25) is 0 Å². The number of hydrogen-bond acceptors (Lipinski definition) is 3. The zero-order valence-electron chi connectivity index (χ0n) is 11.8. The van der Waals surface area contributed by atoms with Crippen molar-refractivity contribution in [3.63, 3.8) is 0 Å². The van der Waals surface area contributed by atoms with Crippen molar-refractivity contribution in [3.05, 3.63) is 0 Å². The van der Waals surface area contributed by atoms with Crippen LogP contribution in [0.25, 0.3) is 0 Å². The number of rotatable bonds is 5. The maximum Gasteiger partial charge on any atom is 0.317 e. The van der Waals surface area contributed by atoms with E-state index >= 15 is 0 Å². The van der Waals surface area contributed by atoms with E-state index < -0.39 is 11.9 Å². The predicted octanol–water partition coefficient (Wildman–Crippen LogP) is 1.19. The number of carboxylic acids is 1. The number of aliphatic hydroxyl groups excluding tert-OH is 1. The van der Waals surface area contributed by atoms with E-state index in [-0.39, 0.29) is 24.7 Å². The normalized spacial score (nSPS) is 29.6. The van der Waals surface area contributed by atoms with Crippen LogP contribution in [0.3, 0.4) is 0 Å². The summed E-state index contributed by atoms with van der Waals surface area (Å²) in [5.41, 5.74) is 0. The molecule has 3 unspecified atom stereocenters. The fraction of sp³-hybridized carbons (Fsp3) is 0.857. The minimum Gasteiger partial charge on any atom is -0.481 e. The molecule has 2 aliphatic rings. The number of nitrogens with one attached hydrogen (secondary N) is 1. The van der Waals surface area contributed by atoms with Crippen LogP contribution in [-0.4, -0.2) is 52.3 Å². The van der Waals surface area contributed by atoms with Gasteiger partial charge in [0.25, 0.3) is 0 Å². The molecule has 0 aromatic carbocycles. The maximum atomic E-state index is 12.3. The highest BCUT2D eigenvalue weighted by atomic mass is 16.4. The first-order valence-electron chi connectivity index (χ1n) is 7.54. The molecule has 1 saturated heterocycles. The lowest BCUT2D eigenvalue weighted by Gasteiger charge is -2.27. The molecule has 2 rings (SSSR count). The molecule has 20 heavy (non-hydrogen) atoms. The van der Waals surface area contributed by atoms with Crippen LogP contribution in [-0.2, 0) is 4.79 Å². The fourth-order valence-electron chi connectivity index (χ4n) is 3.40. The van der Waals surface area contributed by atoms with Gasteiger partial charge in [0.15, 0.2) is 0 Å². The number of carbonyl (C=O) groups excluding carboxylic acids is 1. The summed E-state index contributed by atoms with van der Waals surface area (Å²) in [5, 5.41) is 20.9. The highest BCUT2D eigenvalue weighted by molar-refractivity contribution is 5.77. The molecule has 1 aliphatic carbocycles. The summed E-state index contributed by atoms with van der Waals surface area (Å²) in [6, 6.07) is -0.186. The van der Waals surface area contributed by atoms with Gasteiger partial charge < -0.3 is 20.4 Å². The van der Waals surface area contributed by atoms with Gasteiger partial charge in [0.1, 0.15) is 0 Å². The minimum atomic E-state index is -0.814. The molecule has 1 saturated carbocycles. The molecule has 6 nitrogen and oxygen atoms in total. The molecule has 0 aromatic heterocycles. The van der Waals surface area contributed by atoms with Gasteiger partial charge in [-0.05, 0) is 38.5 Å². The van der Waals surface area contributed by atoms with E-state index in [2.05, 4.69) is 5.32 Å². The van der Waals surface area contributed by atoms with Gasteiger partial charge in [0, 0.05) is 25.2 Å². The zero-order valence-corrected chi connectivity index (χ0v) is 11.8. The van der Waals surface area contributed by atoms with E-state index in [0.717, 1.165) is 38.6 Å². The zero-order chi connectivity index (χ0) is 14.5. The van der Waals surface area contributed by atoms with Crippen LogP contribution in [0, 0.1) is 5.92 Å². The Morgan fingerprint density at radius 2 is 2.00 bits per heavy atom. The van der Waals surface area contributed by atoms with Crippen molar-refractivity contribution in [2.24, 2.45) is 5.92 Å². The molecule has 3 N–H and O–H groups in total. The molecule has 3 atom stereocenters. The number of amides is 2. The number of carbonyl (C=O) groups is 2. The van der Waals surface area contributed by atoms with E-state index in [1.165, 1.54) is 0 Å². The topological polar surface area (TPSA) is 89.9 Å². The van der Waals surface area contributed by atoms with E-state index in [9.17, 15) is 9.59 Å². The number of hydrogen-bond donors (Lipinski definition) is 3. The number of nitrogens with zero attached hydrogens (tertiary/aromatic N) is 1. The standard InChI is InChI=1S/C14H24N2O4/c17-9-3-5-10-4-2-8-16(10)14(20)15-12-7-1-6-11(12)13(18)19/h10-12,17H,1-9H2,(H,15,20)(H,18,19). The van der Waals surface area contributed by atoms with Gasteiger partial charge in [0.05, 0.1) is 5.92 Å². The summed E-state index contributed by atoms with van der Waals surface area (Å²) in [4.78, 5) is 25.2. The van der Waals surface area contributed by atoms with Crippen LogP contribution < -0.4 is 5.32 Å². The molecule has 0 aromatic rings. The van der Waals surface area contributed by atoms with Crippen molar-refractivity contribution in [2.45, 2.75) is 57.0 Å². The number of aliphatic carboxylic acids is 1. The van der Waals surface area contributed by atoms with Crippen molar-refractivity contribution in [1.82, 2.24) is 10.2 Å². The molecule has 2 amide bonds. The second-order valence-corrected chi connectivity index (χ2v) is 5.79. The van der Waals surface area contributed by atoms with Crippen LogP contribution >= 0.6 is 0 Å². The minimum absolute atomic E-state index is 0.136. The average molecular weight is 284 g/mol. The van der Waals surface area contributed by atoms with Crippen molar-refractivity contribution in [1.29, 1.82) is 0 Å². The highest BCUT2D eigenvalue weighted by Crippen LogP contribution is 2.27. The van der Waals surface area contributed by atoms with E-state index in [0.29, 0.717) is 12.8 Å². The Labute approximate surface area is 119 Å². The monoisotopic (exact) mass is 284 g/mol. The quantitative estimate of drug-likeness (QED) is 0.707. The highest BCUT2D eigenvalue weighted by Gasteiger charge is 2.36. The molecular weight excluding hydrogens is 260 g/mol. The van der Waals surface area contributed by atoms with Gasteiger partial charge in [-0.1, -0.05) is 6.42 Å².